The molecule has 1 N–H and O–H groups in total. The van der Waals surface area contributed by atoms with Crippen LogP contribution in [0.3, 0.4) is 0 Å². The summed E-state index contributed by atoms with van der Waals surface area (Å²) in [5, 5.41) is 7.67. The maximum absolute atomic E-state index is 10.4. The number of hydrogen-bond donors (Lipinski definition) is 1. The third-order valence-electron chi connectivity index (χ3n) is 0.988. The fraction of sp³-hybridized carbons (Fsp3) is 1.00. The molecule has 8 heavy (non-hydrogen) atoms. The number of aliphatic hydroxyl groups excluding tert-OH is 1. The summed E-state index contributed by atoms with van der Waals surface area (Å²) in [6.07, 6.45) is 1.11. The van der Waals surface area contributed by atoms with Gasteiger partial charge in [-0.05, 0) is 6.92 Å². The van der Waals surface area contributed by atoms with Gasteiger partial charge in [0, 0.05) is 6.26 Å². The molecule has 0 bridgehead atoms. The molecule has 0 rings (SSSR count). The molecule has 0 radical (unpaired) electrons. The van der Waals surface area contributed by atoms with Gasteiger partial charge in [0.05, 0.1) is 11.9 Å². The molecule has 0 heterocycles. The average Bonchev–Trinajstić information content (AvgIpc) is 1.62. The molecule has 0 aliphatic carbocycles. The normalized spacial score (nSPS) is 15.9. The third-order valence-corrected chi connectivity index (χ3v) is 2.60. The predicted octanol–water partition coefficient (Wildman–Crippen LogP) is -0.588. The molecule has 1 atom stereocenters. The fourth-order valence-electron chi connectivity index (χ4n) is 0.135. The van der Waals surface area contributed by atoms with Crippen molar-refractivity contribution >= 4 is 9.84 Å². The molecule has 0 aromatic rings. The molecule has 50 valence electrons. The van der Waals surface area contributed by atoms with Gasteiger partial charge in [-0.2, -0.15) is 0 Å². The van der Waals surface area contributed by atoms with Crippen molar-refractivity contribution in [3.8, 4) is 0 Å². The highest BCUT2D eigenvalue weighted by Gasteiger charge is 2.11. The van der Waals surface area contributed by atoms with Crippen LogP contribution < -0.4 is 0 Å². The minimum absolute atomic E-state index is 0.293. The highest BCUT2D eigenvalue weighted by Crippen LogP contribution is 1.93. The Bertz CT molecular complexity index is 147. The van der Waals surface area contributed by atoms with Gasteiger partial charge < -0.3 is 5.11 Å². The largest absolute Gasteiger partial charge is 0.395 e. The standard InChI is InChI=1S/C4H10O3S/c1-4(3-5)8(2,6)7/h4-5H,3H2,1-2H3. The van der Waals surface area contributed by atoms with Gasteiger partial charge in [0.1, 0.15) is 0 Å². The van der Waals surface area contributed by atoms with Crippen LogP contribution in [0.4, 0.5) is 0 Å². The van der Waals surface area contributed by atoms with Crippen LogP contribution in [0.1, 0.15) is 6.92 Å². The Labute approximate surface area is 49.3 Å². The van der Waals surface area contributed by atoms with Crippen LogP contribution in [-0.2, 0) is 9.84 Å². The highest BCUT2D eigenvalue weighted by molar-refractivity contribution is 7.91. The number of aliphatic hydroxyl groups is 1. The Kier molecular flexibility index (Phi) is 2.43. The first-order valence-electron chi connectivity index (χ1n) is 2.28. The molecule has 0 aliphatic heterocycles. The second-order valence-corrected chi connectivity index (χ2v) is 4.29. The maximum Gasteiger partial charge on any atom is 0.152 e. The molecule has 0 aliphatic rings. The highest BCUT2D eigenvalue weighted by atomic mass is 32.2. The van der Waals surface area contributed by atoms with Crippen molar-refractivity contribution in [3.63, 3.8) is 0 Å². The smallest absolute Gasteiger partial charge is 0.152 e. The Morgan fingerprint density at radius 1 is 1.62 bits per heavy atom. The van der Waals surface area contributed by atoms with Gasteiger partial charge in [0.25, 0.3) is 0 Å². The lowest BCUT2D eigenvalue weighted by Crippen LogP contribution is -2.19. The van der Waals surface area contributed by atoms with E-state index in [2.05, 4.69) is 0 Å². The first kappa shape index (κ1) is 7.91. The van der Waals surface area contributed by atoms with E-state index in [1.807, 2.05) is 0 Å². The topological polar surface area (TPSA) is 54.4 Å². The molecule has 0 amide bonds. The Morgan fingerprint density at radius 3 is 2.00 bits per heavy atom. The van der Waals surface area contributed by atoms with E-state index >= 15 is 0 Å². The Balaban J connectivity index is 4.04. The number of sulfone groups is 1. The first-order valence-corrected chi connectivity index (χ1v) is 4.23. The molecule has 1 unspecified atom stereocenters. The SMILES string of the molecule is CC(CO)S(C)(=O)=O. The van der Waals surface area contributed by atoms with Gasteiger partial charge in [-0.25, -0.2) is 8.42 Å². The van der Waals surface area contributed by atoms with Crippen LogP contribution in [0.15, 0.2) is 0 Å². The van der Waals surface area contributed by atoms with E-state index in [1.54, 1.807) is 0 Å². The summed E-state index contributed by atoms with van der Waals surface area (Å²) in [7, 11) is -3.00. The van der Waals surface area contributed by atoms with Crippen molar-refractivity contribution in [1.82, 2.24) is 0 Å². The molecule has 0 saturated heterocycles. The minimum atomic E-state index is -3.00. The van der Waals surface area contributed by atoms with Gasteiger partial charge in [0.2, 0.25) is 0 Å². The summed E-state index contributed by atoms with van der Waals surface area (Å²) in [4.78, 5) is 0. The van der Waals surface area contributed by atoms with E-state index in [-0.39, 0.29) is 6.61 Å². The Morgan fingerprint density at radius 2 is 2.00 bits per heavy atom. The van der Waals surface area contributed by atoms with E-state index in [0.717, 1.165) is 6.26 Å². The van der Waals surface area contributed by atoms with Crippen molar-refractivity contribution in [2.75, 3.05) is 12.9 Å². The van der Waals surface area contributed by atoms with Crippen LogP contribution in [0.5, 0.6) is 0 Å². The molecule has 4 heteroatoms. The molecular weight excluding hydrogens is 128 g/mol. The molecule has 0 spiro atoms. The lowest BCUT2D eigenvalue weighted by atomic mass is 10.5. The van der Waals surface area contributed by atoms with Crippen LogP contribution in [0, 0.1) is 0 Å². The Hall–Kier alpha value is -0.0900. The molecule has 0 fully saturated rings. The van der Waals surface area contributed by atoms with Gasteiger partial charge in [-0.3, -0.25) is 0 Å². The van der Waals surface area contributed by atoms with Crippen LogP contribution >= 0.6 is 0 Å². The molecular formula is C4H10O3S. The van der Waals surface area contributed by atoms with Gasteiger partial charge in [-0.1, -0.05) is 0 Å². The van der Waals surface area contributed by atoms with E-state index in [0.29, 0.717) is 0 Å². The van der Waals surface area contributed by atoms with E-state index in [4.69, 9.17) is 5.11 Å². The fourth-order valence-corrected chi connectivity index (χ4v) is 0.406. The predicted molar refractivity (Wildman–Crippen MR) is 31.4 cm³/mol. The average molecular weight is 138 g/mol. The van der Waals surface area contributed by atoms with Crippen molar-refractivity contribution in [2.45, 2.75) is 12.2 Å². The summed E-state index contributed by atoms with van der Waals surface area (Å²) in [5.41, 5.74) is 0. The van der Waals surface area contributed by atoms with Crippen LogP contribution in [-0.4, -0.2) is 31.6 Å². The van der Waals surface area contributed by atoms with Crippen molar-refractivity contribution < 1.29 is 13.5 Å². The molecule has 0 aromatic heterocycles. The minimum Gasteiger partial charge on any atom is -0.395 e. The molecule has 3 nitrogen and oxygen atoms in total. The van der Waals surface area contributed by atoms with E-state index in [1.165, 1.54) is 6.92 Å². The maximum atomic E-state index is 10.4. The summed E-state index contributed by atoms with van der Waals surface area (Å²) < 4.78 is 20.8. The molecule has 0 aromatic carbocycles. The van der Waals surface area contributed by atoms with Crippen LogP contribution in [0.2, 0.25) is 0 Å². The summed E-state index contributed by atoms with van der Waals surface area (Å²) in [6.45, 7) is 1.17. The zero-order chi connectivity index (χ0) is 6.78. The zero-order valence-corrected chi connectivity index (χ0v) is 5.77. The third kappa shape index (κ3) is 2.28. The van der Waals surface area contributed by atoms with Crippen molar-refractivity contribution in [2.24, 2.45) is 0 Å². The summed E-state index contributed by atoms with van der Waals surface area (Å²) in [6, 6.07) is 0. The van der Waals surface area contributed by atoms with Gasteiger partial charge in [0.15, 0.2) is 9.84 Å². The van der Waals surface area contributed by atoms with Crippen molar-refractivity contribution in [3.05, 3.63) is 0 Å². The quantitative estimate of drug-likeness (QED) is 0.555. The lowest BCUT2D eigenvalue weighted by Gasteiger charge is -2.01. The van der Waals surface area contributed by atoms with E-state index in [9.17, 15) is 8.42 Å². The molecule has 0 saturated carbocycles. The van der Waals surface area contributed by atoms with Crippen molar-refractivity contribution in [1.29, 1.82) is 0 Å². The number of rotatable bonds is 2. The second kappa shape index (κ2) is 2.46. The second-order valence-electron chi connectivity index (χ2n) is 1.82. The number of hydrogen-bond acceptors (Lipinski definition) is 3. The van der Waals surface area contributed by atoms with Gasteiger partial charge in [-0.15, -0.1) is 0 Å². The zero-order valence-electron chi connectivity index (χ0n) is 4.96. The first-order chi connectivity index (χ1) is 3.48. The summed E-state index contributed by atoms with van der Waals surface area (Å²) >= 11 is 0. The summed E-state index contributed by atoms with van der Waals surface area (Å²) in [5.74, 6) is 0. The lowest BCUT2D eigenvalue weighted by molar-refractivity contribution is 0.296. The van der Waals surface area contributed by atoms with Gasteiger partial charge >= 0.3 is 0 Å². The monoisotopic (exact) mass is 138 g/mol. The van der Waals surface area contributed by atoms with Crippen LogP contribution in [0.25, 0.3) is 0 Å². The van der Waals surface area contributed by atoms with E-state index < -0.39 is 15.1 Å².